The van der Waals surface area contributed by atoms with Crippen LogP contribution in [-0.4, -0.2) is 4.92 Å². The highest BCUT2D eigenvalue weighted by Crippen LogP contribution is 2.25. The number of hydrogen-bond acceptors (Lipinski definition) is 3. The molecule has 0 aliphatic heterocycles. The molecule has 0 amide bonds. The lowest BCUT2D eigenvalue weighted by molar-refractivity contribution is -0.646. The molecule has 6 heteroatoms. The van der Waals surface area contributed by atoms with Crippen molar-refractivity contribution < 1.29 is 37.9 Å². The molecule has 2 heterocycles. The molecule has 140 valence electrons. The first kappa shape index (κ1) is 19.8. The number of non-ortho nitro benzene ring substituents is 1. The summed E-state index contributed by atoms with van der Waals surface area (Å²) in [6, 6.07) is 22.5. The van der Waals surface area contributed by atoms with Crippen LogP contribution in [0.5, 0.6) is 0 Å². The summed E-state index contributed by atoms with van der Waals surface area (Å²) in [5.74, 6) is 1.39. The number of fused-ring (bicyclic) bond motifs is 1. The van der Waals surface area contributed by atoms with Crippen molar-refractivity contribution in [2.24, 2.45) is 7.05 Å². The Morgan fingerprint density at radius 2 is 1.68 bits per heavy atom. The first-order valence-electron chi connectivity index (χ1n) is 8.52. The van der Waals surface area contributed by atoms with Crippen molar-refractivity contribution in [2.45, 2.75) is 0 Å². The number of para-hydroxylation sites is 1. The molecule has 0 spiro atoms. The van der Waals surface area contributed by atoms with Gasteiger partial charge in [-0.3, -0.25) is 10.1 Å². The quantitative estimate of drug-likeness (QED) is 0.193. The van der Waals surface area contributed by atoms with Gasteiger partial charge in [0.2, 0.25) is 11.2 Å². The van der Waals surface area contributed by atoms with E-state index in [9.17, 15) is 10.1 Å². The predicted molar refractivity (Wildman–Crippen MR) is 105 cm³/mol. The highest BCUT2D eigenvalue weighted by molar-refractivity contribution is 5.77. The third kappa shape index (κ3) is 3.96. The van der Waals surface area contributed by atoms with Crippen LogP contribution in [-0.2, 0) is 7.05 Å². The van der Waals surface area contributed by atoms with Crippen LogP contribution >= 0.6 is 0 Å². The second-order valence-corrected chi connectivity index (χ2v) is 6.22. The van der Waals surface area contributed by atoms with Crippen molar-refractivity contribution in [3.8, 4) is 11.3 Å². The minimum absolute atomic E-state index is 0. The van der Waals surface area contributed by atoms with Crippen LogP contribution in [0.4, 0.5) is 5.69 Å². The van der Waals surface area contributed by atoms with E-state index >= 15 is 0 Å². The average Bonchev–Trinajstić information content (AvgIpc) is 3.17. The summed E-state index contributed by atoms with van der Waals surface area (Å²) in [6.07, 6.45) is 3.92. The van der Waals surface area contributed by atoms with E-state index < -0.39 is 4.92 Å². The topological polar surface area (TPSA) is 60.2 Å². The number of rotatable bonds is 4. The van der Waals surface area contributed by atoms with Crippen LogP contribution < -0.4 is 28.5 Å². The zero-order valence-electron chi connectivity index (χ0n) is 15.1. The van der Waals surface area contributed by atoms with Crippen molar-refractivity contribution in [1.29, 1.82) is 0 Å². The van der Waals surface area contributed by atoms with Crippen LogP contribution in [0.15, 0.2) is 77.2 Å². The van der Waals surface area contributed by atoms with E-state index in [-0.39, 0.29) is 29.7 Å². The first-order valence-corrected chi connectivity index (χ1v) is 8.52. The van der Waals surface area contributed by atoms with Crippen molar-refractivity contribution in [3.05, 3.63) is 94.4 Å². The molecule has 5 nitrogen and oxygen atoms in total. The van der Waals surface area contributed by atoms with Crippen LogP contribution in [0.1, 0.15) is 11.5 Å². The van der Waals surface area contributed by atoms with E-state index in [1.807, 2.05) is 43.5 Å². The van der Waals surface area contributed by atoms with Crippen LogP contribution in [0.3, 0.4) is 0 Å². The lowest BCUT2D eigenvalue weighted by Gasteiger charge is -1.99. The van der Waals surface area contributed by atoms with Crippen molar-refractivity contribution in [3.63, 3.8) is 0 Å². The van der Waals surface area contributed by atoms with Gasteiger partial charge in [-0.25, -0.2) is 0 Å². The summed E-state index contributed by atoms with van der Waals surface area (Å²) in [4.78, 5) is 10.3. The molecule has 2 aromatic heterocycles. The second-order valence-electron chi connectivity index (χ2n) is 6.22. The van der Waals surface area contributed by atoms with Gasteiger partial charge >= 0.3 is 0 Å². The lowest BCUT2D eigenvalue weighted by Crippen LogP contribution is -3.00. The normalized spacial score (nSPS) is 10.9. The number of nitro groups is 1. The minimum Gasteiger partial charge on any atom is -1.00 e. The maximum absolute atomic E-state index is 10.8. The zero-order valence-corrected chi connectivity index (χ0v) is 17.2. The molecule has 0 saturated heterocycles. The van der Waals surface area contributed by atoms with Crippen molar-refractivity contribution >= 4 is 28.7 Å². The lowest BCUT2D eigenvalue weighted by atomic mass is 10.1. The fraction of sp³-hybridized carbons (Fsp3) is 0.0455. The van der Waals surface area contributed by atoms with E-state index in [0.717, 1.165) is 22.5 Å². The summed E-state index contributed by atoms with van der Waals surface area (Å²) in [6.45, 7) is 0. The van der Waals surface area contributed by atoms with E-state index in [4.69, 9.17) is 4.42 Å². The summed E-state index contributed by atoms with van der Waals surface area (Å²) in [7, 11) is 2.03. The van der Waals surface area contributed by atoms with Crippen LogP contribution in [0.2, 0.25) is 0 Å². The Morgan fingerprint density at radius 3 is 2.43 bits per heavy atom. The highest BCUT2D eigenvalue weighted by atomic mass is 127. The molecule has 28 heavy (non-hydrogen) atoms. The van der Waals surface area contributed by atoms with Gasteiger partial charge in [0.1, 0.15) is 18.6 Å². The van der Waals surface area contributed by atoms with Gasteiger partial charge in [0, 0.05) is 41.3 Å². The maximum Gasteiger partial charge on any atom is 0.269 e. The van der Waals surface area contributed by atoms with Gasteiger partial charge in [-0.2, -0.15) is 4.57 Å². The molecule has 0 N–H and O–H groups in total. The Hall–Kier alpha value is -3.00. The Bertz CT molecular complexity index is 1160. The minimum atomic E-state index is -0.413. The van der Waals surface area contributed by atoms with Crippen LogP contribution in [0, 0.1) is 10.1 Å². The fourth-order valence-electron chi connectivity index (χ4n) is 3.04. The Balaban J connectivity index is 0.00000225. The molecule has 4 rings (SSSR count). The van der Waals surface area contributed by atoms with Gasteiger partial charge in [-0.1, -0.05) is 12.1 Å². The van der Waals surface area contributed by atoms with E-state index in [0.29, 0.717) is 5.76 Å². The Labute approximate surface area is 179 Å². The highest BCUT2D eigenvalue weighted by Gasteiger charge is 2.10. The number of nitrogens with zero attached hydrogens (tertiary/aromatic N) is 2. The van der Waals surface area contributed by atoms with Gasteiger partial charge in [-0.15, -0.1) is 0 Å². The fourth-order valence-corrected chi connectivity index (χ4v) is 3.04. The molecule has 0 aliphatic carbocycles. The Morgan fingerprint density at radius 1 is 0.929 bits per heavy atom. The van der Waals surface area contributed by atoms with Gasteiger partial charge in [0.25, 0.3) is 5.69 Å². The number of aryl methyl sites for hydroxylation is 1. The summed E-state index contributed by atoms with van der Waals surface area (Å²) >= 11 is 0. The summed E-state index contributed by atoms with van der Waals surface area (Å²) in [5, 5.41) is 11.9. The number of furan rings is 1. The second kappa shape index (κ2) is 8.35. The number of benzene rings is 2. The summed E-state index contributed by atoms with van der Waals surface area (Å²) in [5.41, 5.74) is 3.08. The first-order chi connectivity index (χ1) is 13.1. The molecule has 0 atom stereocenters. The number of halogens is 1. The molecule has 0 radical (unpaired) electrons. The van der Waals surface area contributed by atoms with Crippen LogP contribution in [0.25, 0.3) is 34.4 Å². The molecule has 0 unspecified atom stereocenters. The SMILES string of the molecule is C[n+]1c(/C=C/c2ccc(-c3ccc([N+](=O)[O-])cc3)o2)ccc2ccccc21.[I-]. The third-order valence-corrected chi connectivity index (χ3v) is 4.53. The number of hydrogen-bond donors (Lipinski definition) is 0. The summed E-state index contributed by atoms with van der Waals surface area (Å²) < 4.78 is 7.98. The average molecular weight is 484 g/mol. The molecular weight excluding hydrogens is 467 g/mol. The van der Waals surface area contributed by atoms with Gasteiger partial charge in [0.05, 0.1) is 4.92 Å². The largest absolute Gasteiger partial charge is 1.00 e. The van der Waals surface area contributed by atoms with Gasteiger partial charge in [0.15, 0.2) is 0 Å². The number of pyridine rings is 1. The monoisotopic (exact) mass is 484 g/mol. The maximum atomic E-state index is 10.8. The Kier molecular flexibility index (Phi) is 5.89. The molecular formula is C22H17IN2O3. The molecule has 4 aromatic rings. The number of nitro benzene ring substituents is 1. The number of aromatic nitrogens is 1. The molecule has 2 aromatic carbocycles. The molecule has 0 aliphatic rings. The van der Waals surface area contributed by atoms with E-state index in [1.54, 1.807) is 12.1 Å². The van der Waals surface area contributed by atoms with Crippen molar-refractivity contribution in [2.75, 3.05) is 0 Å². The third-order valence-electron chi connectivity index (χ3n) is 4.53. The predicted octanol–water partition coefficient (Wildman–Crippen LogP) is 2.01. The van der Waals surface area contributed by atoms with E-state index in [2.05, 4.69) is 28.8 Å². The standard InChI is InChI=1S/C22H17N2O3.HI/c1-23-18(9-6-16-4-2-3-5-21(16)23)12-13-20-14-15-22(27-20)17-7-10-19(11-8-17)24(25)26;/h2-15H,1H3;1H/q+1;/p-1/b13-12+;. The smallest absolute Gasteiger partial charge is 0.269 e. The van der Waals surface area contributed by atoms with Crippen molar-refractivity contribution in [1.82, 2.24) is 0 Å². The van der Waals surface area contributed by atoms with E-state index in [1.165, 1.54) is 17.5 Å². The molecule has 0 bridgehead atoms. The zero-order chi connectivity index (χ0) is 18.8. The van der Waals surface area contributed by atoms with Gasteiger partial charge < -0.3 is 28.4 Å². The van der Waals surface area contributed by atoms with Gasteiger partial charge in [-0.05, 0) is 42.5 Å². The molecule has 0 saturated carbocycles. The molecule has 0 fully saturated rings.